The zero-order chi connectivity index (χ0) is 30.1. The van der Waals surface area contributed by atoms with Crippen LogP contribution in [-0.4, -0.2) is 91.3 Å². The normalized spacial score (nSPS) is 10.9. The molecule has 2 rings (SSSR count). The van der Waals surface area contributed by atoms with Gasteiger partial charge in [0.15, 0.2) is 0 Å². The van der Waals surface area contributed by atoms with Gasteiger partial charge in [0.1, 0.15) is 12.4 Å². The maximum absolute atomic E-state index is 12.1. The van der Waals surface area contributed by atoms with Gasteiger partial charge in [-0.3, -0.25) is 4.79 Å². The van der Waals surface area contributed by atoms with Crippen molar-refractivity contribution in [1.82, 2.24) is 0 Å². The summed E-state index contributed by atoms with van der Waals surface area (Å²) < 4.78 is 42.7. The Morgan fingerprint density at radius 3 is 1.62 bits per heavy atom. The lowest BCUT2D eigenvalue weighted by Crippen LogP contribution is -2.16. The van der Waals surface area contributed by atoms with E-state index in [0.717, 1.165) is 18.6 Å². The lowest BCUT2D eigenvalue weighted by molar-refractivity contribution is -0.117. The van der Waals surface area contributed by atoms with Crippen LogP contribution < -0.4 is 15.8 Å². The van der Waals surface area contributed by atoms with Crippen LogP contribution in [-0.2, 0) is 44.6 Å². The van der Waals surface area contributed by atoms with Crippen LogP contribution in [0.15, 0.2) is 48.5 Å². The highest BCUT2D eigenvalue weighted by Crippen LogP contribution is 2.15. The number of carbonyl (C=O) groups excluding carboxylic acids is 2. The summed E-state index contributed by atoms with van der Waals surface area (Å²) >= 11 is 0. The van der Waals surface area contributed by atoms with Gasteiger partial charge in [-0.25, -0.2) is 4.79 Å². The van der Waals surface area contributed by atoms with Crippen LogP contribution in [0.3, 0.4) is 0 Å². The van der Waals surface area contributed by atoms with E-state index in [1.165, 1.54) is 0 Å². The monoisotopic (exact) mass is 592 g/mol. The second kappa shape index (κ2) is 23.3. The highest BCUT2D eigenvalue weighted by atomic mass is 16.7. The summed E-state index contributed by atoms with van der Waals surface area (Å²) in [5.41, 5.74) is 7.54. The van der Waals surface area contributed by atoms with Gasteiger partial charge < -0.3 is 48.9 Å². The van der Waals surface area contributed by atoms with E-state index in [-0.39, 0.29) is 25.5 Å². The van der Waals surface area contributed by atoms with Gasteiger partial charge >= 0.3 is 6.16 Å². The first-order valence-electron chi connectivity index (χ1n) is 14.1. The highest BCUT2D eigenvalue weighted by molar-refractivity contribution is 5.90. The standard InChI is InChI=1S/C30H44N2O10/c1-2-12-35-14-16-37-18-20-39-22-23-40-21-19-38-17-15-36-13-11-29(33)32-27-7-3-25(4-8-27)24-41-30(34)42-28-9-5-26(31)6-10-28/h3-10H,2,11-24,31H2,1H3,(H,32,33). The van der Waals surface area contributed by atoms with Gasteiger partial charge in [0.25, 0.3) is 0 Å². The molecular weight excluding hydrogens is 548 g/mol. The highest BCUT2D eigenvalue weighted by Gasteiger charge is 2.07. The summed E-state index contributed by atoms with van der Waals surface area (Å²) in [5, 5.41) is 2.80. The molecule has 2 aromatic rings. The third kappa shape index (κ3) is 18.2. The van der Waals surface area contributed by atoms with Crippen molar-refractivity contribution in [3.05, 3.63) is 54.1 Å². The van der Waals surface area contributed by atoms with Crippen molar-refractivity contribution in [3.8, 4) is 5.75 Å². The van der Waals surface area contributed by atoms with E-state index in [1.54, 1.807) is 48.5 Å². The molecule has 42 heavy (non-hydrogen) atoms. The number of carbonyl (C=O) groups is 2. The van der Waals surface area contributed by atoms with Crippen molar-refractivity contribution in [3.63, 3.8) is 0 Å². The van der Waals surface area contributed by atoms with Crippen LogP contribution >= 0.6 is 0 Å². The number of nitrogens with two attached hydrogens (primary N) is 1. The lowest BCUT2D eigenvalue weighted by Gasteiger charge is -2.09. The van der Waals surface area contributed by atoms with Crippen molar-refractivity contribution in [2.24, 2.45) is 0 Å². The number of rotatable bonds is 24. The molecule has 0 saturated heterocycles. The Bertz CT molecular complexity index is 973. The second-order valence-corrected chi connectivity index (χ2v) is 8.88. The molecule has 0 unspecified atom stereocenters. The zero-order valence-corrected chi connectivity index (χ0v) is 24.4. The fraction of sp³-hybridized carbons (Fsp3) is 0.533. The maximum Gasteiger partial charge on any atom is 0.514 e. The third-order valence-corrected chi connectivity index (χ3v) is 5.36. The molecule has 0 radical (unpaired) electrons. The molecule has 234 valence electrons. The molecular formula is C30H44N2O10. The first kappa shape index (κ1) is 34.9. The topological polar surface area (TPSA) is 146 Å². The molecule has 0 saturated carbocycles. The average Bonchev–Trinajstić information content (AvgIpc) is 2.99. The Labute approximate surface area is 247 Å². The van der Waals surface area contributed by atoms with Gasteiger partial charge in [0.05, 0.1) is 79.1 Å². The van der Waals surface area contributed by atoms with Crippen LogP contribution in [0.1, 0.15) is 25.3 Å². The van der Waals surface area contributed by atoms with Crippen LogP contribution in [0.25, 0.3) is 0 Å². The van der Waals surface area contributed by atoms with Gasteiger partial charge in [-0.2, -0.15) is 0 Å². The van der Waals surface area contributed by atoms with E-state index >= 15 is 0 Å². The summed E-state index contributed by atoms with van der Waals surface area (Å²) in [6, 6.07) is 13.4. The molecule has 0 atom stereocenters. The largest absolute Gasteiger partial charge is 0.514 e. The first-order valence-corrected chi connectivity index (χ1v) is 14.1. The van der Waals surface area contributed by atoms with E-state index in [9.17, 15) is 9.59 Å². The lowest BCUT2D eigenvalue weighted by atomic mass is 10.2. The van der Waals surface area contributed by atoms with Crippen molar-refractivity contribution >= 4 is 23.4 Å². The molecule has 0 spiro atoms. The molecule has 2 aromatic carbocycles. The molecule has 1 amide bonds. The quantitative estimate of drug-likeness (QED) is 0.0794. The van der Waals surface area contributed by atoms with Gasteiger partial charge in [-0.1, -0.05) is 19.1 Å². The fourth-order valence-electron chi connectivity index (χ4n) is 3.22. The number of anilines is 2. The second-order valence-electron chi connectivity index (χ2n) is 8.88. The number of hydrogen-bond donors (Lipinski definition) is 2. The fourth-order valence-corrected chi connectivity index (χ4v) is 3.22. The van der Waals surface area contributed by atoms with Crippen LogP contribution in [0.2, 0.25) is 0 Å². The number of hydrogen-bond acceptors (Lipinski definition) is 11. The van der Waals surface area contributed by atoms with Gasteiger partial charge in [0.2, 0.25) is 5.91 Å². The summed E-state index contributed by atoms with van der Waals surface area (Å²) in [6.07, 6.45) is 0.401. The SMILES string of the molecule is CCCOCCOCCOCCOCCOCCOCCC(=O)Nc1ccc(COC(=O)Oc2ccc(N)cc2)cc1. The van der Waals surface area contributed by atoms with Crippen LogP contribution in [0.5, 0.6) is 5.75 Å². The van der Waals surface area contributed by atoms with E-state index in [2.05, 4.69) is 12.2 Å². The minimum atomic E-state index is -0.820. The molecule has 0 heterocycles. The maximum atomic E-state index is 12.1. The van der Waals surface area contributed by atoms with Gasteiger partial charge in [-0.05, 0) is 48.4 Å². The predicted molar refractivity (Wildman–Crippen MR) is 157 cm³/mol. The molecule has 0 aliphatic heterocycles. The Balaban J connectivity index is 1.37. The van der Waals surface area contributed by atoms with Crippen molar-refractivity contribution < 1.29 is 47.5 Å². The van der Waals surface area contributed by atoms with E-state index in [4.69, 9.17) is 43.6 Å². The van der Waals surface area contributed by atoms with Gasteiger partial charge in [-0.15, -0.1) is 0 Å². The van der Waals surface area contributed by atoms with Crippen molar-refractivity contribution in [2.45, 2.75) is 26.4 Å². The minimum absolute atomic E-state index is 0.0322. The van der Waals surface area contributed by atoms with E-state index in [0.29, 0.717) is 83.2 Å². The molecule has 12 nitrogen and oxygen atoms in total. The molecule has 0 aromatic heterocycles. The Morgan fingerprint density at radius 1 is 0.643 bits per heavy atom. The summed E-state index contributed by atoms with van der Waals surface area (Å²) in [6.45, 7) is 8.11. The van der Waals surface area contributed by atoms with Gasteiger partial charge in [0, 0.05) is 18.0 Å². The van der Waals surface area contributed by atoms with Crippen molar-refractivity contribution in [2.75, 3.05) is 90.3 Å². The number of nitrogen functional groups attached to an aromatic ring is 1. The van der Waals surface area contributed by atoms with Crippen LogP contribution in [0.4, 0.5) is 16.2 Å². The van der Waals surface area contributed by atoms with E-state index < -0.39 is 6.16 Å². The number of benzene rings is 2. The molecule has 0 bridgehead atoms. The molecule has 12 heteroatoms. The van der Waals surface area contributed by atoms with E-state index in [1.807, 2.05) is 0 Å². The zero-order valence-electron chi connectivity index (χ0n) is 24.4. The summed E-state index contributed by atoms with van der Waals surface area (Å²) in [7, 11) is 0. The number of ether oxygens (including phenoxy) is 8. The summed E-state index contributed by atoms with van der Waals surface area (Å²) in [4.78, 5) is 24.0. The molecule has 0 fully saturated rings. The summed E-state index contributed by atoms with van der Waals surface area (Å²) in [5.74, 6) is 0.170. The molecule has 0 aliphatic rings. The first-order chi connectivity index (χ1) is 20.6. The Morgan fingerprint density at radius 2 is 1.12 bits per heavy atom. The molecule has 0 aliphatic carbocycles. The third-order valence-electron chi connectivity index (χ3n) is 5.36. The Hall–Kier alpha value is -3.26. The van der Waals surface area contributed by atoms with Crippen molar-refractivity contribution in [1.29, 1.82) is 0 Å². The number of amides is 1. The molecule has 3 N–H and O–H groups in total. The Kier molecular flexibility index (Phi) is 19.4. The average molecular weight is 593 g/mol. The number of nitrogens with one attached hydrogen (secondary N) is 1. The smallest absolute Gasteiger partial charge is 0.429 e. The van der Waals surface area contributed by atoms with Crippen LogP contribution in [0, 0.1) is 0 Å². The minimum Gasteiger partial charge on any atom is -0.429 e. The predicted octanol–water partition coefficient (Wildman–Crippen LogP) is 3.82.